The molecule has 2 aliphatic rings. The number of nitrogens with zero attached hydrogens (tertiary/aromatic N) is 4. The van der Waals surface area contributed by atoms with Crippen LogP contribution in [-0.2, 0) is 4.74 Å². The quantitative estimate of drug-likeness (QED) is 0.533. The average molecular weight is 481 g/mol. The lowest BCUT2D eigenvalue weighted by molar-refractivity contribution is 0.0426. The maximum absolute atomic E-state index is 10.5. The number of fused-ring (bicyclic) bond motifs is 1. The minimum atomic E-state index is -0.530. The Morgan fingerprint density at radius 3 is 2.74 bits per heavy atom. The Kier molecular flexibility index (Phi) is 7.10. The highest BCUT2D eigenvalue weighted by Gasteiger charge is 2.31. The first-order valence-corrected chi connectivity index (χ1v) is 12.7. The normalized spacial score (nSPS) is 22.2. The van der Waals surface area contributed by atoms with Crippen molar-refractivity contribution in [2.45, 2.75) is 32.1 Å². The molecule has 2 aromatic carbocycles. The lowest BCUT2D eigenvalue weighted by Gasteiger charge is -2.36. The summed E-state index contributed by atoms with van der Waals surface area (Å²) in [6.07, 6.45) is 1.07. The molecule has 0 spiro atoms. The van der Waals surface area contributed by atoms with Gasteiger partial charge in [0.1, 0.15) is 30.6 Å². The molecule has 3 heterocycles. The molecule has 0 unspecified atom stereocenters. The van der Waals surface area contributed by atoms with Crippen LogP contribution in [0.5, 0.6) is 5.75 Å². The molecule has 5 rings (SSSR count). The van der Waals surface area contributed by atoms with Crippen LogP contribution in [0, 0.1) is 13.8 Å². The van der Waals surface area contributed by atoms with E-state index in [4.69, 9.17) is 9.47 Å². The monoisotopic (exact) mass is 480 g/mol. The second-order valence-corrected chi connectivity index (χ2v) is 10.4. The Morgan fingerprint density at radius 1 is 1.12 bits per heavy atom. The molecule has 180 valence electrons. The number of rotatable bonds is 8. The Hall–Kier alpha value is -2.52. The van der Waals surface area contributed by atoms with Gasteiger partial charge in [-0.15, -0.1) is 11.3 Å². The van der Waals surface area contributed by atoms with Crippen LogP contribution >= 0.6 is 11.3 Å². The Balaban J connectivity index is 1.06. The minimum Gasteiger partial charge on any atom is -0.491 e. The molecule has 8 heteroatoms. The Labute approximate surface area is 204 Å². The summed E-state index contributed by atoms with van der Waals surface area (Å²) in [5, 5.41) is 11.6. The summed E-state index contributed by atoms with van der Waals surface area (Å²) in [5.41, 5.74) is 3.41. The van der Waals surface area contributed by atoms with E-state index in [-0.39, 0.29) is 18.8 Å². The zero-order valence-corrected chi connectivity index (χ0v) is 20.6. The molecule has 0 saturated carbocycles. The highest BCUT2D eigenvalue weighted by atomic mass is 32.1. The molecule has 3 atom stereocenters. The number of β-amino-alcohol motifs (C(OH)–C–C–N with tert-alkyl or cyclic N) is 1. The Bertz CT molecular complexity index is 1140. The van der Waals surface area contributed by atoms with Gasteiger partial charge in [-0.3, -0.25) is 9.80 Å². The summed E-state index contributed by atoms with van der Waals surface area (Å²) >= 11 is 1.68. The Morgan fingerprint density at radius 2 is 1.91 bits per heavy atom. The molecule has 34 heavy (non-hydrogen) atoms. The maximum atomic E-state index is 10.5. The number of ether oxygens (including phenoxy) is 2. The number of aryl methyl sites for hydroxylation is 2. The van der Waals surface area contributed by atoms with Crippen molar-refractivity contribution in [2.24, 2.45) is 4.99 Å². The third-order valence-electron chi connectivity index (χ3n) is 6.59. The molecule has 3 aromatic rings. The van der Waals surface area contributed by atoms with Crippen LogP contribution in [0.3, 0.4) is 0 Å². The van der Waals surface area contributed by atoms with E-state index in [1.165, 1.54) is 11.1 Å². The summed E-state index contributed by atoms with van der Waals surface area (Å²) in [4.78, 5) is 13.9. The van der Waals surface area contributed by atoms with Crippen molar-refractivity contribution >= 4 is 28.0 Å². The van der Waals surface area contributed by atoms with Crippen LogP contribution in [0.15, 0.2) is 47.5 Å². The van der Waals surface area contributed by atoms with Crippen molar-refractivity contribution in [3.8, 4) is 5.75 Å². The van der Waals surface area contributed by atoms with Crippen molar-refractivity contribution in [3.05, 3.63) is 58.6 Å². The van der Waals surface area contributed by atoms with E-state index in [0.717, 1.165) is 53.7 Å². The fraction of sp³-hybridized carbons (Fsp3) is 0.462. The van der Waals surface area contributed by atoms with Crippen LogP contribution < -0.4 is 4.74 Å². The number of aromatic nitrogens is 1. The topological polar surface area (TPSA) is 70.4 Å². The van der Waals surface area contributed by atoms with Gasteiger partial charge in [0.15, 0.2) is 6.40 Å². The van der Waals surface area contributed by atoms with E-state index in [2.05, 4.69) is 51.0 Å². The number of aliphatic hydroxyl groups is 1. The number of thiazole rings is 1. The van der Waals surface area contributed by atoms with Gasteiger partial charge in [0.25, 0.3) is 0 Å². The van der Waals surface area contributed by atoms with E-state index < -0.39 is 6.10 Å². The molecule has 0 aliphatic carbocycles. The van der Waals surface area contributed by atoms with Gasteiger partial charge >= 0.3 is 0 Å². The number of hydrogen-bond acceptors (Lipinski definition) is 8. The van der Waals surface area contributed by atoms with Gasteiger partial charge in [-0.1, -0.05) is 24.3 Å². The zero-order chi connectivity index (χ0) is 23.5. The second-order valence-electron chi connectivity index (χ2n) is 9.16. The maximum Gasteiger partial charge on any atom is 0.170 e. The SMILES string of the molecule is Cc1nc2cc(OC[C@H](O)CN3CCN(C[C@@H]4N=CO[C@H]4c4ccccc4C)CC3)ccc2s1. The van der Waals surface area contributed by atoms with Gasteiger partial charge < -0.3 is 14.6 Å². The summed E-state index contributed by atoms with van der Waals surface area (Å²) in [7, 11) is 0. The fourth-order valence-corrected chi connectivity index (χ4v) is 5.56. The smallest absolute Gasteiger partial charge is 0.170 e. The molecular weight excluding hydrogens is 448 g/mol. The van der Waals surface area contributed by atoms with Crippen molar-refractivity contribution in [3.63, 3.8) is 0 Å². The van der Waals surface area contributed by atoms with Crippen molar-refractivity contribution in [1.82, 2.24) is 14.8 Å². The predicted molar refractivity (Wildman–Crippen MR) is 136 cm³/mol. The number of aliphatic imine (C=N–C) groups is 1. The highest BCUT2D eigenvalue weighted by molar-refractivity contribution is 7.18. The van der Waals surface area contributed by atoms with Gasteiger partial charge in [0, 0.05) is 45.3 Å². The van der Waals surface area contributed by atoms with Gasteiger partial charge in [-0.2, -0.15) is 0 Å². The van der Waals surface area contributed by atoms with Gasteiger partial charge in [-0.05, 0) is 37.1 Å². The van der Waals surface area contributed by atoms with Crippen molar-refractivity contribution in [1.29, 1.82) is 0 Å². The lowest BCUT2D eigenvalue weighted by atomic mass is 9.98. The van der Waals surface area contributed by atoms with Crippen LogP contribution in [-0.4, -0.2) is 84.3 Å². The van der Waals surface area contributed by atoms with E-state index >= 15 is 0 Å². The number of benzene rings is 2. The standard InChI is InChI=1S/C26H32N4O3S/c1-18-5-3-4-6-22(18)26-24(27-17-33-26)15-30-11-9-29(10-12-30)14-20(31)16-32-21-7-8-25-23(13-21)28-19(2)34-25/h3-8,13,17,20,24,26,31H,9-12,14-16H2,1-2H3/t20-,24+,26+/m1/s1. The minimum absolute atomic E-state index is 0.00869. The molecule has 0 radical (unpaired) electrons. The van der Waals surface area contributed by atoms with Crippen molar-refractivity contribution < 1.29 is 14.6 Å². The van der Waals surface area contributed by atoms with E-state index in [1.807, 2.05) is 25.1 Å². The van der Waals surface area contributed by atoms with Gasteiger partial charge in [0.2, 0.25) is 0 Å². The molecule has 2 aliphatic heterocycles. The third kappa shape index (κ3) is 5.41. The summed E-state index contributed by atoms with van der Waals surface area (Å²) < 4.78 is 12.9. The molecule has 0 bridgehead atoms. The molecule has 1 fully saturated rings. The van der Waals surface area contributed by atoms with Crippen LogP contribution in [0.2, 0.25) is 0 Å². The first-order valence-electron chi connectivity index (χ1n) is 11.9. The van der Waals surface area contributed by atoms with Crippen molar-refractivity contribution in [2.75, 3.05) is 45.9 Å². The van der Waals surface area contributed by atoms with Crippen LogP contribution in [0.1, 0.15) is 22.2 Å². The molecule has 1 aromatic heterocycles. The number of piperazine rings is 1. The lowest BCUT2D eigenvalue weighted by Crippen LogP contribution is -2.50. The molecular formula is C26H32N4O3S. The van der Waals surface area contributed by atoms with Gasteiger partial charge in [-0.25, -0.2) is 9.98 Å². The zero-order valence-electron chi connectivity index (χ0n) is 19.8. The largest absolute Gasteiger partial charge is 0.491 e. The first kappa shape index (κ1) is 23.2. The fourth-order valence-electron chi connectivity index (χ4n) is 4.75. The third-order valence-corrected chi connectivity index (χ3v) is 7.54. The molecule has 1 saturated heterocycles. The molecule has 0 amide bonds. The van der Waals surface area contributed by atoms with E-state index in [0.29, 0.717) is 6.54 Å². The van der Waals surface area contributed by atoms with Gasteiger partial charge in [0.05, 0.1) is 15.2 Å². The van der Waals surface area contributed by atoms with E-state index in [9.17, 15) is 5.11 Å². The second kappa shape index (κ2) is 10.4. The molecule has 1 N–H and O–H groups in total. The summed E-state index contributed by atoms with van der Waals surface area (Å²) in [6, 6.07) is 14.4. The first-order chi connectivity index (χ1) is 16.5. The predicted octanol–water partition coefficient (Wildman–Crippen LogP) is 3.44. The molecule has 7 nitrogen and oxygen atoms in total. The van der Waals surface area contributed by atoms with E-state index in [1.54, 1.807) is 17.7 Å². The average Bonchev–Trinajstić information content (AvgIpc) is 3.44. The highest BCUT2D eigenvalue weighted by Crippen LogP contribution is 2.30. The summed E-state index contributed by atoms with van der Waals surface area (Å²) in [6.45, 7) is 9.67. The summed E-state index contributed by atoms with van der Waals surface area (Å²) in [5.74, 6) is 0.754. The number of aliphatic hydroxyl groups excluding tert-OH is 1. The van der Waals surface area contributed by atoms with Crippen LogP contribution in [0.25, 0.3) is 10.2 Å². The van der Waals surface area contributed by atoms with Crippen LogP contribution in [0.4, 0.5) is 0 Å². The number of hydrogen-bond donors (Lipinski definition) is 1.